The maximum Gasteiger partial charge on any atom is 0.331 e. The molecule has 0 saturated carbocycles. The fourth-order valence-electron chi connectivity index (χ4n) is 1.47. The Hall–Kier alpha value is -0.350. The van der Waals surface area contributed by atoms with Gasteiger partial charge in [-0.15, -0.1) is 17.0 Å². The summed E-state index contributed by atoms with van der Waals surface area (Å²) in [4.78, 5) is 10.8. The lowest BCUT2D eigenvalue weighted by atomic mass is 10.1. The van der Waals surface area contributed by atoms with E-state index in [2.05, 4.69) is 18.8 Å². The summed E-state index contributed by atoms with van der Waals surface area (Å²) in [5.74, 6) is -0.372. The molecule has 0 spiro atoms. The number of rotatable bonds is 10. The summed E-state index contributed by atoms with van der Waals surface area (Å²) in [6.45, 7) is 8.30. The number of esters is 1. The van der Waals surface area contributed by atoms with Crippen molar-refractivity contribution >= 4 is 23.0 Å². The van der Waals surface area contributed by atoms with Gasteiger partial charge in [0.15, 0.2) is 6.23 Å². The van der Waals surface area contributed by atoms with Crippen LogP contribution in [0.15, 0.2) is 12.7 Å². The third-order valence-electron chi connectivity index (χ3n) is 2.42. The van der Waals surface area contributed by atoms with Gasteiger partial charge in [-0.2, -0.15) is 0 Å². The van der Waals surface area contributed by atoms with Gasteiger partial charge in [0, 0.05) is 6.08 Å². The summed E-state index contributed by atoms with van der Waals surface area (Å²) in [7, 11) is 0. The smallest absolute Gasteiger partial charge is 0.331 e. The summed E-state index contributed by atoms with van der Waals surface area (Å²) in [6, 6.07) is 0. The predicted molar refractivity (Wildman–Crippen MR) is 77.5 cm³/mol. The van der Waals surface area contributed by atoms with Gasteiger partial charge in [-0.1, -0.05) is 45.6 Å². The van der Waals surface area contributed by atoms with E-state index < -0.39 is 0 Å². The number of unbranched alkanes of at least 4 members (excludes halogenated alkanes) is 5. The Morgan fingerprint density at radius 2 is 1.88 bits per heavy atom. The van der Waals surface area contributed by atoms with Gasteiger partial charge < -0.3 is 4.74 Å². The zero-order chi connectivity index (χ0) is 12.2. The van der Waals surface area contributed by atoms with Crippen molar-refractivity contribution in [3.63, 3.8) is 0 Å². The van der Waals surface area contributed by atoms with Crippen molar-refractivity contribution < 1.29 is 9.53 Å². The lowest BCUT2D eigenvalue weighted by molar-refractivity contribution is -0.143. The van der Waals surface area contributed by atoms with Gasteiger partial charge in [0.2, 0.25) is 0 Å². The minimum atomic E-state index is -0.372. The molecule has 102 valence electrons. The number of nitrogens with one attached hydrogen (secondary N) is 1. The highest BCUT2D eigenvalue weighted by Gasteiger charge is 2.03. The van der Waals surface area contributed by atoms with E-state index in [9.17, 15) is 4.79 Å². The van der Waals surface area contributed by atoms with Crippen LogP contribution in [0.1, 0.15) is 52.4 Å². The van der Waals surface area contributed by atoms with Crippen LogP contribution in [-0.2, 0) is 9.53 Å². The molecule has 0 rings (SSSR count). The SMILES string of the molecule is Br.C=CC(=O)OC(C)NCCCCCCCC. The van der Waals surface area contributed by atoms with Crippen LogP contribution in [0.5, 0.6) is 0 Å². The molecule has 0 aromatic carbocycles. The molecule has 17 heavy (non-hydrogen) atoms. The van der Waals surface area contributed by atoms with Crippen molar-refractivity contribution in [2.24, 2.45) is 0 Å². The monoisotopic (exact) mass is 307 g/mol. The first-order valence-electron chi connectivity index (χ1n) is 6.27. The Balaban J connectivity index is 0. The van der Waals surface area contributed by atoms with Crippen molar-refractivity contribution in [2.75, 3.05) is 6.54 Å². The largest absolute Gasteiger partial charge is 0.444 e. The van der Waals surface area contributed by atoms with E-state index in [1.807, 2.05) is 6.92 Å². The van der Waals surface area contributed by atoms with Gasteiger partial charge in [0.1, 0.15) is 0 Å². The lowest BCUT2D eigenvalue weighted by Crippen LogP contribution is -2.31. The molecule has 0 saturated heterocycles. The van der Waals surface area contributed by atoms with Crippen LogP contribution in [0.3, 0.4) is 0 Å². The van der Waals surface area contributed by atoms with Crippen LogP contribution in [0.2, 0.25) is 0 Å². The molecule has 3 nitrogen and oxygen atoms in total. The molecule has 0 aliphatic carbocycles. The molecule has 1 atom stereocenters. The second-order valence-corrected chi connectivity index (χ2v) is 4.01. The predicted octanol–water partition coefficient (Wildman–Crippen LogP) is 3.59. The maximum absolute atomic E-state index is 10.8. The quantitative estimate of drug-likeness (QED) is 0.290. The Bertz CT molecular complexity index is 198. The molecule has 1 N–H and O–H groups in total. The standard InChI is InChI=1S/C13H25NO2.BrH/c1-4-6-7-8-9-10-11-14-12(3)16-13(15)5-2;/h5,12,14H,2,4,6-11H2,1,3H3;1H. The van der Waals surface area contributed by atoms with Crippen LogP contribution in [0.4, 0.5) is 0 Å². The molecule has 0 fully saturated rings. The first-order chi connectivity index (χ1) is 7.70. The van der Waals surface area contributed by atoms with E-state index in [1.54, 1.807) is 0 Å². The van der Waals surface area contributed by atoms with Gasteiger partial charge in [-0.3, -0.25) is 5.32 Å². The van der Waals surface area contributed by atoms with E-state index in [0.717, 1.165) is 13.0 Å². The van der Waals surface area contributed by atoms with E-state index in [1.165, 1.54) is 38.2 Å². The van der Waals surface area contributed by atoms with Crippen molar-refractivity contribution in [1.29, 1.82) is 0 Å². The second kappa shape index (κ2) is 13.7. The first-order valence-corrected chi connectivity index (χ1v) is 6.27. The zero-order valence-corrected chi connectivity index (χ0v) is 12.7. The highest BCUT2D eigenvalue weighted by molar-refractivity contribution is 8.93. The second-order valence-electron chi connectivity index (χ2n) is 4.01. The molecule has 0 amide bonds. The molecule has 0 aromatic rings. The summed E-state index contributed by atoms with van der Waals surface area (Å²) in [6.07, 6.45) is 8.60. The molecule has 0 aliphatic heterocycles. The third-order valence-corrected chi connectivity index (χ3v) is 2.42. The van der Waals surface area contributed by atoms with Gasteiger partial charge in [-0.25, -0.2) is 4.79 Å². The van der Waals surface area contributed by atoms with Crippen LogP contribution >= 0.6 is 17.0 Å². The third kappa shape index (κ3) is 13.6. The van der Waals surface area contributed by atoms with Gasteiger partial charge >= 0.3 is 5.97 Å². The van der Waals surface area contributed by atoms with Crippen molar-refractivity contribution in [3.05, 3.63) is 12.7 Å². The Labute approximate surface area is 116 Å². The number of halogens is 1. The minimum absolute atomic E-state index is 0. The van der Waals surface area contributed by atoms with Crippen LogP contribution < -0.4 is 5.32 Å². The highest BCUT2D eigenvalue weighted by Crippen LogP contribution is 2.04. The van der Waals surface area contributed by atoms with Gasteiger partial charge in [0.05, 0.1) is 0 Å². The fraction of sp³-hybridized carbons (Fsp3) is 0.769. The number of carbonyl (C=O) groups excluding carboxylic acids is 1. The van der Waals surface area contributed by atoms with Crippen LogP contribution in [0.25, 0.3) is 0 Å². The Morgan fingerprint density at radius 3 is 2.47 bits per heavy atom. The summed E-state index contributed by atoms with van der Waals surface area (Å²) in [5, 5.41) is 3.15. The van der Waals surface area contributed by atoms with Crippen molar-refractivity contribution in [2.45, 2.75) is 58.6 Å². The van der Waals surface area contributed by atoms with Crippen LogP contribution in [0, 0.1) is 0 Å². The topological polar surface area (TPSA) is 38.3 Å². The summed E-state index contributed by atoms with van der Waals surface area (Å²) >= 11 is 0. The first kappa shape index (κ1) is 19.0. The average molecular weight is 308 g/mol. The van der Waals surface area contributed by atoms with Crippen molar-refractivity contribution in [1.82, 2.24) is 5.32 Å². The Kier molecular flexibility index (Phi) is 15.3. The summed E-state index contributed by atoms with van der Waals surface area (Å²) < 4.78 is 4.98. The van der Waals surface area contributed by atoms with Crippen molar-refractivity contribution in [3.8, 4) is 0 Å². The molecule has 0 heterocycles. The Morgan fingerprint density at radius 1 is 1.29 bits per heavy atom. The molecular formula is C13H26BrNO2. The normalized spacial score (nSPS) is 11.4. The number of hydrogen-bond acceptors (Lipinski definition) is 3. The van der Waals surface area contributed by atoms with Crippen LogP contribution in [-0.4, -0.2) is 18.7 Å². The molecule has 0 aliphatic rings. The molecule has 1 unspecified atom stereocenters. The fourth-order valence-corrected chi connectivity index (χ4v) is 1.47. The average Bonchev–Trinajstić information content (AvgIpc) is 2.27. The number of ether oxygens (including phenoxy) is 1. The van der Waals surface area contributed by atoms with Gasteiger partial charge in [-0.05, 0) is 19.9 Å². The molecule has 0 aromatic heterocycles. The van der Waals surface area contributed by atoms with E-state index >= 15 is 0 Å². The van der Waals surface area contributed by atoms with E-state index in [-0.39, 0.29) is 29.2 Å². The maximum atomic E-state index is 10.8. The number of carbonyl (C=O) groups is 1. The van der Waals surface area contributed by atoms with E-state index in [4.69, 9.17) is 4.74 Å². The molecule has 0 bridgehead atoms. The highest BCUT2D eigenvalue weighted by atomic mass is 79.9. The minimum Gasteiger partial charge on any atom is -0.444 e. The van der Waals surface area contributed by atoms with Gasteiger partial charge in [0.25, 0.3) is 0 Å². The molecule has 4 heteroatoms. The molecule has 0 radical (unpaired) electrons. The number of hydrogen-bond donors (Lipinski definition) is 1. The van der Waals surface area contributed by atoms with E-state index in [0.29, 0.717) is 0 Å². The summed E-state index contributed by atoms with van der Waals surface area (Å²) in [5.41, 5.74) is 0. The zero-order valence-electron chi connectivity index (χ0n) is 11.0. The molecular weight excluding hydrogens is 282 g/mol. The lowest BCUT2D eigenvalue weighted by Gasteiger charge is -2.13.